The van der Waals surface area contributed by atoms with Crippen molar-refractivity contribution in [2.24, 2.45) is 0 Å². The molecular weight excluding hydrogens is 365 g/mol. The van der Waals surface area contributed by atoms with Gasteiger partial charge in [-0.25, -0.2) is 0 Å². The van der Waals surface area contributed by atoms with Gasteiger partial charge in [0.25, 0.3) is 0 Å². The van der Waals surface area contributed by atoms with Crippen molar-refractivity contribution in [3.05, 3.63) is 44.7 Å². The average Bonchev–Trinajstić information content (AvgIpc) is 2.69. The van der Waals surface area contributed by atoms with Crippen LogP contribution >= 0.6 is 34.2 Å². The maximum absolute atomic E-state index is 11.8. The molecule has 1 amide bonds. The largest absolute Gasteiger partial charge is 0.324 e. The smallest absolute Gasteiger partial charge is 0.246 e. The lowest BCUT2D eigenvalue weighted by molar-refractivity contribution is -0.116. The maximum Gasteiger partial charge on any atom is 0.246 e. The molecule has 1 aromatic carbocycles. The monoisotopic (exact) mass is 375 g/mol. The van der Waals surface area contributed by atoms with E-state index in [0.717, 1.165) is 14.8 Å². The van der Waals surface area contributed by atoms with E-state index in [1.54, 1.807) is 23.0 Å². The number of aromatic nitrogens is 2. The molecule has 1 aromatic heterocycles. The fourth-order valence-corrected chi connectivity index (χ4v) is 2.11. The van der Waals surface area contributed by atoms with Crippen LogP contribution in [0.1, 0.15) is 5.56 Å². The molecule has 0 aliphatic carbocycles. The summed E-state index contributed by atoms with van der Waals surface area (Å²) in [6.45, 7) is 2.11. The van der Waals surface area contributed by atoms with E-state index in [4.69, 9.17) is 11.6 Å². The number of anilines is 1. The molecule has 0 saturated heterocycles. The zero-order valence-corrected chi connectivity index (χ0v) is 12.6. The molecule has 18 heavy (non-hydrogen) atoms. The Bertz CT molecular complexity index is 582. The number of hydrogen-bond donors (Lipinski definition) is 1. The minimum atomic E-state index is -0.125. The Hall–Kier alpha value is -1.08. The summed E-state index contributed by atoms with van der Waals surface area (Å²) in [6, 6.07) is 5.40. The Morgan fingerprint density at radius 1 is 1.56 bits per heavy atom. The molecule has 2 aromatic rings. The van der Waals surface area contributed by atoms with Gasteiger partial charge in [0.2, 0.25) is 5.91 Å². The van der Waals surface area contributed by atoms with E-state index in [0.29, 0.717) is 5.02 Å². The first-order valence-electron chi connectivity index (χ1n) is 5.28. The summed E-state index contributed by atoms with van der Waals surface area (Å²) >= 11 is 8.04. The lowest BCUT2D eigenvalue weighted by atomic mass is 10.2. The van der Waals surface area contributed by atoms with Crippen LogP contribution in [0.5, 0.6) is 0 Å². The van der Waals surface area contributed by atoms with Gasteiger partial charge in [0.05, 0.1) is 9.77 Å². The maximum atomic E-state index is 11.8. The van der Waals surface area contributed by atoms with Crippen LogP contribution in [0.2, 0.25) is 5.02 Å². The van der Waals surface area contributed by atoms with E-state index in [-0.39, 0.29) is 12.5 Å². The average molecular weight is 376 g/mol. The highest BCUT2D eigenvalue weighted by atomic mass is 127. The number of halogens is 2. The first-order valence-corrected chi connectivity index (χ1v) is 6.74. The van der Waals surface area contributed by atoms with E-state index in [1.807, 2.05) is 19.2 Å². The molecule has 0 atom stereocenters. The second-order valence-corrected chi connectivity index (χ2v) is 5.55. The number of hydrogen-bond acceptors (Lipinski definition) is 2. The highest BCUT2D eigenvalue weighted by molar-refractivity contribution is 14.1. The standard InChI is InChI=1S/C12H11ClIN3O/c1-8-2-3-9(13)4-11(8)16-12(18)7-17-6-10(14)5-15-17/h2-6H,7H2,1H3,(H,16,18). The van der Waals surface area contributed by atoms with Gasteiger partial charge >= 0.3 is 0 Å². The van der Waals surface area contributed by atoms with E-state index in [9.17, 15) is 4.79 Å². The van der Waals surface area contributed by atoms with Crippen molar-refractivity contribution in [2.75, 3.05) is 5.32 Å². The summed E-state index contributed by atoms with van der Waals surface area (Å²) in [7, 11) is 0. The van der Waals surface area contributed by atoms with Crippen LogP contribution in [0.3, 0.4) is 0 Å². The summed E-state index contributed by atoms with van der Waals surface area (Å²) < 4.78 is 2.59. The molecule has 0 radical (unpaired) electrons. The van der Waals surface area contributed by atoms with Gasteiger partial charge in [0.15, 0.2) is 0 Å². The molecule has 94 valence electrons. The van der Waals surface area contributed by atoms with Gasteiger partial charge in [-0.1, -0.05) is 17.7 Å². The minimum Gasteiger partial charge on any atom is -0.324 e. The molecule has 0 aliphatic heterocycles. The summed E-state index contributed by atoms with van der Waals surface area (Å²) in [5, 5.41) is 7.48. The normalized spacial score (nSPS) is 10.4. The number of rotatable bonds is 3. The Labute approximate surface area is 123 Å². The Kier molecular flexibility index (Phi) is 4.23. The molecule has 0 spiro atoms. The van der Waals surface area contributed by atoms with Gasteiger partial charge in [0.1, 0.15) is 6.54 Å². The van der Waals surface area contributed by atoms with Gasteiger partial charge < -0.3 is 5.32 Å². The molecule has 0 saturated carbocycles. The van der Waals surface area contributed by atoms with Gasteiger partial charge in [-0.2, -0.15) is 5.10 Å². The molecule has 0 bridgehead atoms. The van der Waals surface area contributed by atoms with E-state index in [1.165, 1.54) is 0 Å². The van der Waals surface area contributed by atoms with Crippen LogP contribution < -0.4 is 5.32 Å². The molecular formula is C12H11ClIN3O. The Morgan fingerprint density at radius 2 is 2.33 bits per heavy atom. The van der Waals surface area contributed by atoms with Crippen LogP contribution in [-0.2, 0) is 11.3 Å². The number of benzene rings is 1. The van der Waals surface area contributed by atoms with Crippen LogP contribution in [0.4, 0.5) is 5.69 Å². The number of amides is 1. The Morgan fingerprint density at radius 3 is 3.00 bits per heavy atom. The Balaban J connectivity index is 2.05. The third-order valence-corrected chi connectivity index (χ3v) is 3.17. The first kappa shape index (κ1) is 13.4. The second kappa shape index (κ2) is 5.71. The zero-order chi connectivity index (χ0) is 13.1. The number of nitrogens with one attached hydrogen (secondary N) is 1. The number of carbonyl (C=O) groups excluding carboxylic acids is 1. The molecule has 0 unspecified atom stereocenters. The molecule has 1 heterocycles. The summed E-state index contributed by atoms with van der Waals surface area (Å²) in [5.74, 6) is -0.125. The predicted molar refractivity (Wildman–Crippen MR) is 79.8 cm³/mol. The fourth-order valence-electron chi connectivity index (χ4n) is 1.49. The van der Waals surface area contributed by atoms with Crippen molar-refractivity contribution in [2.45, 2.75) is 13.5 Å². The molecule has 0 aliphatic rings. The van der Waals surface area contributed by atoms with Crippen molar-refractivity contribution < 1.29 is 4.79 Å². The van der Waals surface area contributed by atoms with Crippen LogP contribution in [-0.4, -0.2) is 15.7 Å². The van der Waals surface area contributed by atoms with Gasteiger partial charge in [0, 0.05) is 16.9 Å². The van der Waals surface area contributed by atoms with Crippen LogP contribution in [0.25, 0.3) is 0 Å². The molecule has 1 N–H and O–H groups in total. The summed E-state index contributed by atoms with van der Waals surface area (Å²) in [4.78, 5) is 11.8. The first-order chi connectivity index (χ1) is 8.54. The fraction of sp³-hybridized carbons (Fsp3) is 0.167. The third-order valence-electron chi connectivity index (χ3n) is 2.38. The van der Waals surface area contributed by atoms with Crippen LogP contribution in [0.15, 0.2) is 30.6 Å². The second-order valence-electron chi connectivity index (χ2n) is 3.86. The third kappa shape index (κ3) is 3.46. The quantitative estimate of drug-likeness (QED) is 0.838. The highest BCUT2D eigenvalue weighted by Gasteiger charge is 2.07. The molecule has 0 fully saturated rings. The summed E-state index contributed by atoms with van der Waals surface area (Å²) in [6.07, 6.45) is 3.52. The lowest BCUT2D eigenvalue weighted by Gasteiger charge is -2.08. The van der Waals surface area contributed by atoms with Crippen molar-refractivity contribution in [1.29, 1.82) is 0 Å². The lowest BCUT2D eigenvalue weighted by Crippen LogP contribution is -2.19. The van der Waals surface area contributed by atoms with Gasteiger partial charge in [-0.15, -0.1) is 0 Å². The summed E-state index contributed by atoms with van der Waals surface area (Å²) in [5.41, 5.74) is 1.71. The number of aryl methyl sites for hydroxylation is 1. The number of carbonyl (C=O) groups is 1. The van der Waals surface area contributed by atoms with Crippen molar-refractivity contribution in [1.82, 2.24) is 9.78 Å². The molecule has 2 rings (SSSR count). The SMILES string of the molecule is Cc1ccc(Cl)cc1NC(=O)Cn1cc(I)cn1. The topological polar surface area (TPSA) is 46.9 Å². The van der Waals surface area contributed by atoms with E-state index in [2.05, 4.69) is 33.0 Å². The molecule has 4 nitrogen and oxygen atoms in total. The van der Waals surface area contributed by atoms with E-state index >= 15 is 0 Å². The highest BCUT2D eigenvalue weighted by Crippen LogP contribution is 2.20. The van der Waals surface area contributed by atoms with Gasteiger partial charge in [-0.05, 0) is 47.2 Å². The van der Waals surface area contributed by atoms with Crippen LogP contribution in [0, 0.1) is 10.5 Å². The molecule has 6 heteroatoms. The van der Waals surface area contributed by atoms with Gasteiger partial charge in [-0.3, -0.25) is 9.48 Å². The minimum absolute atomic E-state index is 0.125. The number of nitrogens with zero attached hydrogens (tertiary/aromatic N) is 2. The van der Waals surface area contributed by atoms with Crippen molar-refractivity contribution >= 4 is 45.8 Å². The zero-order valence-electron chi connectivity index (χ0n) is 9.65. The van der Waals surface area contributed by atoms with E-state index < -0.39 is 0 Å². The van der Waals surface area contributed by atoms with Crippen molar-refractivity contribution in [3.63, 3.8) is 0 Å². The predicted octanol–water partition coefficient (Wildman–Crippen LogP) is 3.09. The van der Waals surface area contributed by atoms with Crippen molar-refractivity contribution in [3.8, 4) is 0 Å².